The minimum Gasteiger partial charge on any atom is -0.397 e. The van der Waals surface area contributed by atoms with Crippen molar-refractivity contribution in [1.29, 1.82) is 0 Å². The number of hydrogen-bond donors (Lipinski definition) is 1. The molecule has 0 spiro atoms. The van der Waals surface area contributed by atoms with Crippen LogP contribution >= 0.6 is 0 Å². The molecule has 0 radical (unpaired) electrons. The molecule has 1 atom stereocenters. The number of hydrogen-bond acceptors (Lipinski definition) is 7. The van der Waals surface area contributed by atoms with Crippen LogP contribution in [-0.2, 0) is 0 Å². The van der Waals surface area contributed by atoms with Crippen LogP contribution in [-0.4, -0.2) is 60.7 Å². The summed E-state index contributed by atoms with van der Waals surface area (Å²) in [7, 11) is 0. The van der Waals surface area contributed by atoms with E-state index in [1.807, 2.05) is 47.5 Å². The molecule has 5 heterocycles. The normalized spacial score (nSPS) is 16.5. The second kappa shape index (κ2) is 9.62. The zero-order valence-electron chi connectivity index (χ0n) is 18.5. The van der Waals surface area contributed by atoms with E-state index in [0.29, 0.717) is 41.6 Å². The Balaban J connectivity index is 1.38. The van der Waals surface area contributed by atoms with Crippen LogP contribution in [0.2, 0.25) is 0 Å². The van der Waals surface area contributed by atoms with Crippen LogP contribution in [0, 0.1) is 0 Å². The van der Waals surface area contributed by atoms with Crippen LogP contribution in [0.3, 0.4) is 0 Å². The Morgan fingerprint density at radius 3 is 2.74 bits per heavy atom. The first-order valence-electron chi connectivity index (χ1n) is 11.1. The number of likely N-dealkylation sites (tertiary alicyclic amines) is 1. The molecule has 1 fully saturated rings. The van der Waals surface area contributed by atoms with E-state index in [9.17, 15) is 4.79 Å². The van der Waals surface area contributed by atoms with Gasteiger partial charge < -0.3 is 10.6 Å². The van der Waals surface area contributed by atoms with E-state index in [-0.39, 0.29) is 11.9 Å². The third kappa shape index (κ3) is 4.27. The highest BCUT2D eigenvalue weighted by Gasteiger charge is 2.33. The maximum absolute atomic E-state index is 13.8. The third-order valence-corrected chi connectivity index (χ3v) is 5.81. The highest BCUT2D eigenvalue weighted by Crippen LogP contribution is 2.28. The Hall–Kier alpha value is -4.40. The van der Waals surface area contributed by atoms with Gasteiger partial charge in [-0.05, 0) is 49.2 Å². The van der Waals surface area contributed by atoms with Crippen molar-refractivity contribution in [2.45, 2.75) is 18.9 Å². The first-order valence-corrected chi connectivity index (χ1v) is 11.1. The molecule has 0 unspecified atom stereocenters. The van der Waals surface area contributed by atoms with Gasteiger partial charge in [0.2, 0.25) is 0 Å². The zero-order valence-corrected chi connectivity index (χ0v) is 18.5. The number of aliphatic imine (C=N–C) groups is 1. The van der Waals surface area contributed by atoms with Gasteiger partial charge in [-0.3, -0.25) is 14.8 Å². The molecule has 0 aromatic carbocycles. The Morgan fingerprint density at radius 1 is 1.09 bits per heavy atom. The number of carbonyl (C=O) groups is 1. The number of carbonyl (C=O) groups excluding carboxylic acids is 1. The van der Waals surface area contributed by atoms with Crippen molar-refractivity contribution in [2.75, 3.05) is 13.1 Å². The Morgan fingerprint density at radius 2 is 1.91 bits per heavy atom. The van der Waals surface area contributed by atoms with Gasteiger partial charge in [0.05, 0.1) is 35.1 Å². The summed E-state index contributed by atoms with van der Waals surface area (Å²) in [6.07, 6.45) is 12.1. The summed E-state index contributed by atoms with van der Waals surface area (Å²) in [6.45, 7) is 1.16. The largest absolute Gasteiger partial charge is 0.397 e. The summed E-state index contributed by atoms with van der Waals surface area (Å²) in [5.74, 6) is 0.350. The van der Waals surface area contributed by atoms with Crippen LogP contribution in [0.5, 0.6) is 0 Å². The van der Waals surface area contributed by atoms with E-state index in [1.165, 1.54) is 0 Å². The first kappa shape index (κ1) is 21.4. The molecule has 0 bridgehead atoms. The van der Waals surface area contributed by atoms with Crippen LogP contribution in [0.25, 0.3) is 22.7 Å². The molecule has 9 nitrogen and oxygen atoms in total. The van der Waals surface area contributed by atoms with Gasteiger partial charge in [0.15, 0.2) is 5.82 Å². The lowest BCUT2D eigenvalue weighted by Gasteiger charge is -2.23. The van der Waals surface area contributed by atoms with Crippen molar-refractivity contribution in [3.05, 3.63) is 84.6 Å². The Bertz CT molecular complexity index is 1350. The summed E-state index contributed by atoms with van der Waals surface area (Å²) >= 11 is 0. The van der Waals surface area contributed by atoms with Crippen molar-refractivity contribution in [3.8, 4) is 11.5 Å². The minimum absolute atomic E-state index is 0.00331. The van der Waals surface area contributed by atoms with Gasteiger partial charge in [-0.15, -0.1) is 0 Å². The molecular weight excluding hydrogens is 428 g/mol. The molecule has 0 saturated carbocycles. The maximum Gasteiger partial charge on any atom is 0.258 e. The summed E-state index contributed by atoms with van der Waals surface area (Å²) in [4.78, 5) is 33.1. The molecule has 1 amide bonds. The van der Waals surface area contributed by atoms with Crippen molar-refractivity contribution in [3.63, 3.8) is 0 Å². The number of aromatic nitrogens is 5. The number of nitrogens with zero attached hydrogens (tertiary/aromatic N) is 7. The predicted octanol–water partition coefficient (Wildman–Crippen LogP) is 2.86. The fourth-order valence-electron chi connectivity index (χ4n) is 4.16. The molecule has 5 rings (SSSR count). The monoisotopic (exact) mass is 452 g/mol. The number of pyridine rings is 2. The van der Waals surface area contributed by atoms with E-state index in [0.717, 1.165) is 18.4 Å². The van der Waals surface area contributed by atoms with Gasteiger partial charge in [0.1, 0.15) is 5.69 Å². The molecule has 170 valence electrons. The second-order valence-corrected chi connectivity index (χ2v) is 7.97. The van der Waals surface area contributed by atoms with Gasteiger partial charge in [0.25, 0.3) is 5.91 Å². The molecule has 1 aliphatic heterocycles. The maximum atomic E-state index is 13.8. The molecule has 1 aliphatic rings. The average molecular weight is 453 g/mol. The number of fused-ring (bicyclic) bond motifs is 1. The molecule has 0 aliphatic carbocycles. The van der Waals surface area contributed by atoms with Crippen LogP contribution in [0.15, 0.2) is 78.3 Å². The summed E-state index contributed by atoms with van der Waals surface area (Å²) in [6, 6.07) is 13.0. The molecule has 2 N–H and O–H groups in total. The standard InChI is InChI=1S/C25H24N8O/c26-19(20-8-1-3-11-28-20)10-14-27-17-18-7-5-15-32(18)25(34)22-21-9-2-4-16-33(21)31-23(22)24-29-12-6-13-30-24/h1-4,6,8-14,16,18H,5,7,15,17,26H2/b19-10-,27-14?/t18-/m0/s1. The zero-order chi connectivity index (χ0) is 23.3. The third-order valence-electron chi connectivity index (χ3n) is 5.81. The summed E-state index contributed by atoms with van der Waals surface area (Å²) in [5.41, 5.74) is 9.05. The lowest BCUT2D eigenvalue weighted by molar-refractivity contribution is 0.0744. The Kier molecular flexibility index (Phi) is 6.07. The van der Waals surface area contributed by atoms with Crippen LogP contribution in [0.4, 0.5) is 0 Å². The molecule has 9 heteroatoms. The second-order valence-electron chi connectivity index (χ2n) is 7.97. The van der Waals surface area contributed by atoms with Crippen LogP contribution < -0.4 is 5.73 Å². The van der Waals surface area contributed by atoms with E-state index in [2.05, 4.69) is 25.0 Å². The quantitative estimate of drug-likeness (QED) is 0.450. The van der Waals surface area contributed by atoms with Gasteiger partial charge in [-0.2, -0.15) is 5.10 Å². The van der Waals surface area contributed by atoms with Gasteiger partial charge in [-0.1, -0.05) is 12.1 Å². The predicted molar refractivity (Wildman–Crippen MR) is 130 cm³/mol. The average Bonchev–Trinajstić information content (AvgIpc) is 3.52. The van der Waals surface area contributed by atoms with Crippen molar-refractivity contribution < 1.29 is 4.79 Å². The lowest BCUT2D eigenvalue weighted by Crippen LogP contribution is -2.37. The summed E-state index contributed by atoms with van der Waals surface area (Å²) in [5, 5.41) is 4.61. The van der Waals surface area contributed by atoms with E-state index < -0.39 is 0 Å². The van der Waals surface area contributed by atoms with Crippen molar-refractivity contribution in [2.24, 2.45) is 10.7 Å². The van der Waals surface area contributed by atoms with E-state index in [1.54, 1.807) is 41.5 Å². The minimum atomic E-state index is -0.0788. The number of rotatable bonds is 6. The highest BCUT2D eigenvalue weighted by molar-refractivity contribution is 6.06. The van der Waals surface area contributed by atoms with E-state index >= 15 is 0 Å². The number of allylic oxidation sites excluding steroid dienone is 1. The Labute approximate surface area is 196 Å². The van der Waals surface area contributed by atoms with Gasteiger partial charge >= 0.3 is 0 Å². The first-order chi connectivity index (χ1) is 16.7. The fraction of sp³-hybridized carbons (Fsp3) is 0.200. The van der Waals surface area contributed by atoms with Crippen LogP contribution in [0.1, 0.15) is 28.9 Å². The van der Waals surface area contributed by atoms with Gasteiger partial charge in [-0.25, -0.2) is 14.5 Å². The SMILES string of the molecule is N/C(=C\C=NC[C@@H]1CCCN1C(=O)c1c(-c2ncccn2)nn2ccccc12)c1ccccn1. The molecule has 4 aromatic rings. The molecule has 4 aromatic heterocycles. The van der Waals surface area contributed by atoms with Crippen molar-refractivity contribution >= 4 is 23.3 Å². The molecule has 34 heavy (non-hydrogen) atoms. The molecule has 1 saturated heterocycles. The smallest absolute Gasteiger partial charge is 0.258 e. The number of amides is 1. The van der Waals surface area contributed by atoms with Crippen molar-refractivity contribution in [1.82, 2.24) is 29.5 Å². The topological polar surface area (TPSA) is 115 Å². The molecular formula is C25H24N8O. The highest BCUT2D eigenvalue weighted by atomic mass is 16.2. The van der Waals surface area contributed by atoms with E-state index in [4.69, 9.17) is 5.73 Å². The summed E-state index contributed by atoms with van der Waals surface area (Å²) < 4.78 is 1.70. The lowest BCUT2D eigenvalue weighted by atomic mass is 10.1. The van der Waals surface area contributed by atoms with Gasteiger partial charge in [0, 0.05) is 37.5 Å². The number of nitrogens with two attached hydrogens (primary N) is 1. The fourth-order valence-corrected chi connectivity index (χ4v) is 4.16.